The van der Waals surface area contributed by atoms with Crippen LogP contribution in [0.3, 0.4) is 0 Å². The number of hydrogen-bond donors (Lipinski definition) is 3. The Morgan fingerprint density at radius 3 is 2.48 bits per heavy atom. The first-order chi connectivity index (χ1) is 13.3. The van der Waals surface area contributed by atoms with Crippen LogP contribution in [0.1, 0.15) is 12.8 Å². The molecule has 0 bridgehead atoms. The smallest absolute Gasteiger partial charge is 0.294 e. The molecule has 0 aliphatic carbocycles. The first-order valence-corrected chi connectivity index (χ1v) is 10.9. The summed E-state index contributed by atoms with van der Waals surface area (Å²) in [6.07, 6.45) is -2.64. The molecule has 0 fully saturated rings. The Morgan fingerprint density at radius 1 is 1.28 bits per heavy atom. The third-order valence-electron chi connectivity index (χ3n) is 3.64. The maximum Gasteiger partial charge on any atom is 0.294 e. The summed E-state index contributed by atoms with van der Waals surface area (Å²) in [7, 11) is -8.47. The highest BCUT2D eigenvalue weighted by molar-refractivity contribution is 7.90. The van der Waals surface area contributed by atoms with E-state index in [1.54, 1.807) is 0 Å². The van der Waals surface area contributed by atoms with Crippen LogP contribution in [0.25, 0.3) is 0 Å². The molecule has 1 aliphatic heterocycles. The molecule has 4 N–H and O–H groups in total. The van der Waals surface area contributed by atoms with Gasteiger partial charge in [0, 0.05) is 0 Å². The molecule has 1 aromatic rings. The van der Waals surface area contributed by atoms with Gasteiger partial charge in [0.2, 0.25) is 20.0 Å². The number of fused-ring (bicyclic) bond motifs is 1. The summed E-state index contributed by atoms with van der Waals surface area (Å²) in [5.41, 5.74) is -0.0283. The number of nitrogens with two attached hydrogens (primary N) is 1. The number of benzene rings is 1. The largest absolute Gasteiger partial charge is 0.368 e. The van der Waals surface area contributed by atoms with Crippen LogP contribution in [0.5, 0.6) is 0 Å². The van der Waals surface area contributed by atoms with Crippen LogP contribution in [0.15, 0.2) is 21.9 Å². The number of sulfonamides is 2. The SMILES string of the molecule is NS(=O)(=O)c1cc2c(cc1Cl)NC(CCC(CO[N+](=O)[O-])O[N+](=O)[O-])NS2(=O)=O. The predicted molar refractivity (Wildman–Crippen MR) is 94.6 cm³/mol. The Bertz CT molecular complexity index is 1030. The number of hydrogen-bond acceptors (Lipinski definition) is 11. The van der Waals surface area contributed by atoms with Gasteiger partial charge in [0.1, 0.15) is 22.5 Å². The number of nitrogens with one attached hydrogen (secondary N) is 2. The third kappa shape index (κ3) is 6.00. The van der Waals surface area contributed by atoms with Gasteiger partial charge in [-0.3, -0.25) is 0 Å². The van der Waals surface area contributed by atoms with Gasteiger partial charge < -0.3 is 15.0 Å². The Morgan fingerprint density at radius 2 is 1.93 bits per heavy atom. The van der Waals surface area contributed by atoms with Gasteiger partial charge >= 0.3 is 0 Å². The van der Waals surface area contributed by atoms with Crippen molar-refractivity contribution < 1.29 is 36.7 Å². The molecule has 0 saturated heterocycles. The van der Waals surface area contributed by atoms with Crippen molar-refractivity contribution in [3.8, 4) is 0 Å². The topological polar surface area (TPSA) is 223 Å². The van der Waals surface area contributed by atoms with E-state index in [-0.39, 0.29) is 23.6 Å². The maximum atomic E-state index is 12.4. The summed E-state index contributed by atoms with van der Waals surface area (Å²) in [4.78, 5) is 28.0. The van der Waals surface area contributed by atoms with Crippen LogP contribution in [-0.4, -0.2) is 45.9 Å². The molecule has 1 heterocycles. The molecule has 162 valence electrons. The minimum Gasteiger partial charge on any atom is -0.368 e. The standard InChI is InChI=1S/C11H14ClN5O10S2/c12-7-3-8-10(4-9(7)28(13,22)23)29(24,25)15-11(14-8)2-1-6(27-17(20)21)5-26-16(18)19/h3-4,6,11,14-15H,1-2,5H2,(H2,13,22,23). The van der Waals surface area contributed by atoms with Crippen molar-refractivity contribution in [2.24, 2.45) is 5.14 Å². The molecule has 15 nitrogen and oxygen atoms in total. The second-order valence-corrected chi connectivity index (χ2v) is 9.31. The molecule has 2 atom stereocenters. The fourth-order valence-electron chi connectivity index (χ4n) is 2.47. The average Bonchev–Trinajstić information content (AvgIpc) is 2.54. The molecule has 18 heteroatoms. The summed E-state index contributed by atoms with van der Waals surface area (Å²) < 4.78 is 50.1. The minimum atomic E-state index is -4.28. The van der Waals surface area contributed by atoms with Gasteiger partial charge in [0.05, 0.1) is 16.9 Å². The zero-order chi connectivity index (χ0) is 22.0. The number of nitrogens with zero attached hydrogens (tertiary/aromatic N) is 2. The van der Waals surface area contributed by atoms with E-state index >= 15 is 0 Å². The molecule has 1 aliphatic rings. The lowest BCUT2D eigenvalue weighted by Gasteiger charge is -2.29. The summed E-state index contributed by atoms with van der Waals surface area (Å²) in [6.45, 7) is -0.742. The normalized spacial score (nSPS) is 18.8. The fraction of sp³-hybridized carbons (Fsp3) is 0.455. The van der Waals surface area contributed by atoms with E-state index in [1.807, 2.05) is 0 Å². The number of anilines is 1. The summed E-state index contributed by atoms with van der Waals surface area (Å²) in [5, 5.41) is 25.8. The number of primary sulfonamides is 1. The van der Waals surface area contributed by atoms with E-state index in [0.29, 0.717) is 0 Å². The van der Waals surface area contributed by atoms with Gasteiger partial charge in [0.25, 0.3) is 10.2 Å². The first-order valence-electron chi connectivity index (χ1n) is 7.53. The second kappa shape index (κ2) is 8.49. The molecule has 2 unspecified atom stereocenters. The van der Waals surface area contributed by atoms with Crippen molar-refractivity contribution in [3.63, 3.8) is 0 Å². The Kier molecular flexibility index (Phi) is 6.68. The zero-order valence-electron chi connectivity index (χ0n) is 14.2. The molecule has 0 saturated carbocycles. The molecule has 2 rings (SSSR count). The molecule has 0 radical (unpaired) electrons. The molecule has 29 heavy (non-hydrogen) atoms. The molecular weight excluding hydrogens is 462 g/mol. The van der Waals surface area contributed by atoms with Crippen molar-refractivity contribution >= 4 is 37.3 Å². The summed E-state index contributed by atoms with van der Waals surface area (Å²) in [6, 6.07) is 1.85. The molecule has 0 aromatic heterocycles. The highest BCUT2D eigenvalue weighted by Gasteiger charge is 2.32. The quantitative estimate of drug-likeness (QED) is 0.307. The molecular formula is C11H14ClN5O10S2. The van der Waals surface area contributed by atoms with Crippen molar-refractivity contribution in [3.05, 3.63) is 37.4 Å². The average molecular weight is 476 g/mol. The lowest BCUT2D eigenvalue weighted by molar-refractivity contribution is -0.790. The van der Waals surface area contributed by atoms with E-state index in [9.17, 15) is 37.1 Å². The van der Waals surface area contributed by atoms with Gasteiger partial charge in [-0.15, -0.1) is 20.2 Å². The number of halogens is 1. The lowest BCUT2D eigenvalue weighted by Crippen LogP contribution is -2.45. The molecule has 1 aromatic carbocycles. The van der Waals surface area contributed by atoms with Crippen LogP contribution in [0, 0.1) is 20.2 Å². The van der Waals surface area contributed by atoms with Gasteiger partial charge in [-0.05, 0) is 25.0 Å². The van der Waals surface area contributed by atoms with Crippen molar-refractivity contribution in [1.82, 2.24) is 4.72 Å². The van der Waals surface area contributed by atoms with E-state index < -0.39 is 58.9 Å². The maximum absolute atomic E-state index is 12.4. The lowest BCUT2D eigenvalue weighted by atomic mass is 10.1. The van der Waals surface area contributed by atoms with Gasteiger partial charge in [-0.25, -0.2) is 22.0 Å². The van der Waals surface area contributed by atoms with Crippen molar-refractivity contribution in [2.75, 3.05) is 11.9 Å². The fourth-order valence-corrected chi connectivity index (χ4v) is 5.00. The highest BCUT2D eigenvalue weighted by atomic mass is 35.5. The first kappa shape index (κ1) is 22.8. The highest BCUT2D eigenvalue weighted by Crippen LogP contribution is 2.34. The van der Waals surface area contributed by atoms with Gasteiger partial charge in [-0.1, -0.05) is 11.6 Å². The van der Waals surface area contributed by atoms with E-state index in [1.165, 1.54) is 0 Å². The summed E-state index contributed by atoms with van der Waals surface area (Å²) >= 11 is 5.85. The van der Waals surface area contributed by atoms with Crippen LogP contribution in [-0.2, 0) is 29.7 Å². The minimum absolute atomic E-state index is 0.0283. The van der Waals surface area contributed by atoms with Crippen LogP contribution < -0.4 is 15.2 Å². The monoisotopic (exact) mass is 475 g/mol. The van der Waals surface area contributed by atoms with E-state index in [0.717, 1.165) is 12.1 Å². The van der Waals surface area contributed by atoms with Crippen LogP contribution in [0.2, 0.25) is 5.02 Å². The predicted octanol–water partition coefficient (Wildman–Crippen LogP) is -0.417. The van der Waals surface area contributed by atoms with Gasteiger partial charge in [0.15, 0.2) is 0 Å². The second-order valence-electron chi connectivity index (χ2n) is 5.69. The van der Waals surface area contributed by atoms with Crippen LogP contribution >= 0.6 is 11.6 Å². The van der Waals surface area contributed by atoms with Crippen LogP contribution in [0.4, 0.5) is 5.69 Å². The Hall–Kier alpha value is -2.47. The van der Waals surface area contributed by atoms with E-state index in [2.05, 4.69) is 19.7 Å². The molecule has 0 amide bonds. The zero-order valence-corrected chi connectivity index (χ0v) is 16.6. The Balaban J connectivity index is 2.20. The summed E-state index contributed by atoms with van der Waals surface area (Å²) in [5.74, 6) is 0. The van der Waals surface area contributed by atoms with Crippen molar-refractivity contribution in [2.45, 2.75) is 34.9 Å². The Labute approximate surface area is 168 Å². The molecule has 0 spiro atoms. The van der Waals surface area contributed by atoms with E-state index in [4.69, 9.17) is 16.7 Å². The van der Waals surface area contributed by atoms with Crippen molar-refractivity contribution in [1.29, 1.82) is 0 Å². The third-order valence-corrected chi connectivity index (χ3v) is 6.52. The number of rotatable bonds is 9. The van der Waals surface area contributed by atoms with Gasteiger partial charge in [-0.2, -0.15) is 4.72 Å².